The quantitative estimate of drug-likeness (QED) is 0.590. The number of benzene rings is 2. The number of rotatable bonds is 5. The molecule has 3 rings (SSSR count). The number of ether oxygens (including phenoxy) is 1. The van der Waals surface area contributed by atoms with Gasteiger partial charge in [-0.2, -0.15) is 0 Å². The Balaban J connectivity index is 0.000000352. The van der Waals surface area contributed by atoms with Gasteiger partial charge in [0.2, 0.25) is 0 Å². The van der Waals surface area contributed by atoms with Crippen molar-refractivity contribution in [1.29, 1.82) is 0 Å². The lowest BCUT2D eigenvalue weighted by molar-refractivity contribution is -0.159. The molecule has 0 bridgehead atoms. The van der Waals surface area contributed by atoms with Crippen molar-refractivity contribution < 1.29 is 24.5 Å². The van der Waals surface area contributed by atoms with Crippen molar-refractivity contribution in [3.63, 3.8) is 0 Å². The standard InChI is InChI=1S/C17H17NOS.C2H2O4/c18-11-9-15(13-5-2-1-3-6-13)19-16-8-4-7-14-10-12-20-17(14)16;3-1(4)2(5)6/h1-8,10,12,15H,9,11,18H2;(H,3,4)(H,5,6)/t15-;/m1./s1. The second kappa shape index (κ2) is 9.55. The van der Waals surface area contributed by atoms with Crippen LogP contribution in [0, 0.1) is 0 Å². The number of thiophene rings is 1. The Kier molecular flexibility index (Phi) is 7.13. The number of hydrogen-bond donors (Lipinski definition) is 3. The normalized spacial score (nSPS) is 11.3. The fraction of sp³-hybridized carbons (Fsp3) is 0.158. The van der Waals surface area contributed by atoms with Crippen LogP contribution in [0.3, 0.4) is 0 Å². The number of hydrogen-bond acceptors (Lipinski definition) is 5. The van der Waals surface area contributed by atoms with Crippen molar-refractivity contribution in [2.45, 2.75) is 12.5 Å². The van der Waals surface area contributed by atoms with Crippen LogP contribution in [0.4, 0.5) is 0 Å². The van der Waals surface area contributed by atoms with Crippen LogP contribution in [0.15, 0.2) is 60.0 Å². The van der Waals surface area contributed by atoms with E-state index in [9.17, 15) is 0 Å². The van der Waals surface area contributed by atoms with Crippen LogP contribution < -0.4 is 10.5 Å². The van der Waals surface area contributed by atoms with Crippen molar-refractivity contribution in [2.24, 2.45) is 5.73 Å². The maximum absolute atomic E-state index is 9.10. The Bertz CT molecular complexity index is 851. The summed E-state index contributed by atoms with van der Waals surface area (Å²) in [6.07, 6.45) is 0.820. The minimum Gasteiger partial charge on any atom is -0.484 e. The average molecular weight is 373 g/mol. The molecule has 1 heterocycles. The van der Waals surface area contributed by atoms with E-state index in [0.717, 1.165) is 12.2 Å². The monoisotopic (exact) mass is 373 g/mol. The Morgan fingerprint density at radius 2 is 1.69 bits per heavy atom. The largest absolute Gasteiger partial charge is 0.484 e. The fourth-order valence-electron chi connectivity index (χ4n) is 2.32. The van der Waals surface area contributed by atoms with E-state index in [1.807, 2.05) is 30.3 Å². The lowest BCUT2D eigenvalue weighted by Crippen LogP contribution is -2.13. The van der Waals surface area contributed by atoms with Gasteiger partial charge in [0.25, 0.3) is 0 Å². The van der Waals surface area contributed by atoms with Gasteiger partial charge in [-0.25, -0.2) is 9.59 Å². The minimum atomic E-state index is -1.82. The predicted molar refractivity (Wildman–Crippen MR) is 101 cm³/mol. The van der Waals surface area contributed by atoms with Gasteiger partial charge >= 0.3 is 11.9 Å². The van der Waals surface area contributed by atoms with Gasteiger partial charge in [-0.05, 0) is 35.0 Å². The zero-order chi connectivity index (χ0) is 18.9. The van der Waals surface area contributed by atoms with E-state index >= 15 is 0 Å². The molecule has 1 atom stereocenters. The molecule has 0 aliphatic carbocycles. The topological polar surface area (TPSA) is 110 Å². The lowest BCUT2D eigenvalue weighted by Gasteiger charge is -2.19. The third-order valence-electron chi connectivity index (χ3n) is 3.50. The maximum atomic E-state index is 9.10. The van der Waals surface area contributed by atoms with E-state index in [4.69, 9.17) is 30.3 Å². The Hall–Kier alpha value is -2.90. The van der Waals surface area contributed by atoms with Crippen LogP contribution in [0.1, 0.15) is 18.1 Å². The molecule has 0 fully saturated rings. The second-order valence-corrected chi connectivity index (χ2v) is 6.22. The van der Waals surface area contributed by atoms with E-state index < -0.39 is 11.9 Å². The molecule has 0 spiro atoms. The van der Waals surface area contributed by atoms with E-state index in [1.165, 1.54) is 15.6 Å². The van der Waals surface area contributed by atoms with E-state index in [0.29, 0.717) is 6.54 Å². The SMILES string of the molecule is NCC[C@@H](Oc1cccc2ccsc12)c1ccccc1.O=C(O)C(=O)O. The van der Waals surface area contributed by atoms with Crippen LogP contribution in [-0.4, -0.2) is 28.7 Å². The summed E-state index contributed by atoms with van der Waals surface area (Å²) in [6, 6.07) is 18.6. The number of carboxylic acids is 2. The zero-order valence-corrected chi connectivity index (χ0v) is 14.7. The number of aliphatic carboxylic acids is 2. The molecule has 0 saturated carbocycles. The molecule has 136 valence electrons. The summed E-state index contributed by atoms with van der Waals surface area (Å²) < 4.78 is 7.44. The Morgan fingerprint density at radius 1 is 1.00 bits per heavy atom. The van der Waals surface area contributed by atoms with Crippen LogP contribution >= 0.6 is 11.3 Å². The van der Waals surface area contributed by atoms with E-state index in [-0.39, 0.29) is 6.10 Å². The van der Waals surface area contributed by atoms with Gasteiger partial charge in [-0.1, -0.05) is 42.5 Å². The lowest BCUT2D eigenvalue weighted by atomic mass is 10.1. The summed E-state index contributed by atoms with van der Waals surface area (Å²) in [5.74, 6) is -2.70. The van der Waals surface area contributed by atoms with Crippen molar-refractivity contribution >= 4 is 33.4 Å². The van der Waals surface area contributed by atoms with E-state index in [1.54, 1.807) is 11.3 Å². The number of carboxylic acid groups (broad SMARTS) is 2. The van der Waals surface area contributed by atoms with Crippen molar-refractivity contribution in [1.82, 2.24) is 0 Å². The first-order valence-corrected chi connectivity index (χ1v) is 8.75. The van der Waals surface area contributed by atoms with Gasteiger partial charge in [-0.3, -0.25) is 0 Å². The number of carbonyl (C=O) groups is 2. The van der Waals surface area contributed by atoms with Crippen molar-refractivity contribution in [3.05, 3.63) is 65.5 Å². The molecule has 0 radical (unpaired) electrons. The molecule has 0 amide bonds. The summed E-state index contributed by atoms with van der Waals surface area (Å²) in [7, 11) is 0. The van der Waals surface area contributed by atoms with Crippen molar-refractivity contribution in [3.8, 4) is 5.75 Å². The highest BCUT2D eigenvalue weighted by Crippen LogP contribution is 2.34. The number of fused-ring (bicyclic) bond motifs is 1. The molecule has 4 N–H and O–H groups in total. The van der Waals surface area contributed by atoms with Crippen LogP contribution in [-0.2, 0) is 9.59 Å². The van der Waals surface area contributed by atoms with Gasteiger partial charge in [0.05, 0.1) is 4.70 Å². The van der Waals surface area contributed by atoms with Crippen LogP contribution in [0.2, 0.25) is 0 Å². The Labute approximate surface area is 154 Å². The number of nitrogens with two attached hydrogens (primary N) is 1. The highest BCUT2D eigenvalue weighted by Gasteiger charge is 2.14. The van der Waals surface area contributed by atoms with Crippen LogP contribution in [0.5, 0.6) is 5.75 Å². The molecular formula is C19H19NO5S. The first-order chi connectivity index (χ1) is 12.5. The molecule has 2 aromatic carbocycles. The molecule has 6 nitrogen and oxygen atoms in total. The smallest absolute Gasteiger partial charge is 0.414 e. The first kappa shape index (κ1) is 19.4. The fourth-order valence-corrected chi connectivity index (χ4v) is 3.18. The van der Waals surface area contributed by atoms with E-state index in [2.05, 4.69) is 29.6 Å². The molecular weight excluding hydrogens is 354 g/mol. The third kappa shape index (κ3) is 5.30. The summed E-state index contributed by atoms with van der Waals surface area (Å²) in [4.78, 5) is 18.2. The third-order valence-corrected chi connectivity index (χ3v) is 4.44. The first-order valence-electron chi connectivity index (χ1n) is 7.87. The molecule has 3 aromatic rings. The molecule has 0 aliphatic heterocycles. The van der Waals surface area contributed by atoms with Gasteiger partial charge < -0.3 is 20.7 Å². The molecule has 7 heteroatoms. The molecule has 1 aromatic heterocycles. The van der Waals surface area contributed by atoms with Gasteiger partial charge in [0, 0.05) is 6.42 Å². The van der Waals surface area contributed by atoms with Crippen LogP contribution in [0.25, 0.3) is 10.1 Å². The average Bonchev–Trinajstić information content (AvgIpc) is 3.12. The van der Waals surface area contributed by atoms with Gasteiger partial charge in [-0.15, -0.1) is 11.3 Å². The predicted octanol–water partition coefficient (Wildman–Crippen LogP) is 3.53. The second-order valence-electron chi connectivity index (χ2n) is 5.30. The van der Waals surface area contributed by atoms with Gasteiger partial charge in [0.1, 0.15) is 11.9 Å². The molecule has 0 aliphatic rings. The highest BCUT2D eigenvalue weighted by molar-refractivity contribution is 7.17. The molecule has 0 saturated heterocycles. The summed E-state index contributed by atoms with van der Waals surface area (Å²) in [5.41, 5.74) is 6.91. The van der Waals surface area contributed by atoms with Crippen molar-refractivity contribution in [2.75, 3.05) is 6.54 Å². The van der Waals surface area contributed by atoms with Gasteiger partial charge in [0.15, 0.2) is 0 Å². The maximum Gasteiger partial charge on any atom is 0.414 e. The highest BCUT2D eigenvalue weighted by atomic mass is 32.1. The zero-order valence-electron chi connectivity index (χ0n) is 13.9. The summed E-state index contributed by atoms with van der Waals surface area (Å²) in [5, 5.41) is 18.1. The minimum absolute atomic E-state index is 0.00824. The molecule has 0 unspecified atom stereocenters. The molecule has 26 heavy (non-hydrogen) atoms. The Morgan fingerprint density at radius 3 is 2.31 bits per heavy atom. The summed E-state index contributed by atoms with van der Waals surface area (Å²) >= 11 is 1.71. The summed E-state index contributed by atoms with van der Waals surface area (Å²) in [6.45, 7) is 0.611.